The van der Waals surface area contributed by atoms with Crippen molar-refractivity contribution < 1.29 is 13.2 Å². The number of sulfonamides is 1. The van der Waals surface area contributed by atoms with Gasteiger partial charge in [-0.05, 0) is 37.3 Å². The summed E-state index contributed by atoms with van der Waals surface area (Å²) in [6.07, 6.45) is 9.25. The Morgan fingerprint density at radius 1 is 1.12 bits per heavy atom. The van der Waals surface area contributed by atoms with Gasteiger partial charge in [-0.3, -0.25) is 9.88 Å². The number of pyridine rings is 1. The van der Waals surface area contributed by atoms with Gasteiger partial charge in [0, 0.05) is 45.1 Å². The third-order valence-corrected chi connectivity index (χ3v) is 6.22. The molecule has 1 aromatic rings. The lowest BCUT2D eigenvalue weighted by atomic mass is 10.0. The van der Waals surface area contributed by atoms with Crippen molar-refractivity contribution in [3.8, 4) is 0 Å². The minimum Gasteiger partial charge on any atom is -0.375 e. The van der Waals surface area contributed by atoms with E-state index < -0.39 is 10.0 Å². The molecule has 2 aliphatic rings. The lowest BCUT2D eigenvalue weighted by Gasteiger charge is -2.36. The summed E-state index contributed by atoms with van der Waals surface area (Å²) in [6.45, 7) is 4.21. The molecule has 0 aliphatic carbocycles. The summed E-state index contributed by atoms with van der Waals surface area (Å²) in [5.74, 6) is 0. The van der Waals surface area contributed by atoms with Crippen molar-refractivity contribution >= 4 is 10.0 Å². The van der Waals surface area contributed by atoms with Crippen molar-refractivity contribution in [1.82, 2.24) is 14.2 Å². The topological polar surface area (TPSA) is 62.7 Å². The molecule has 24 heavy (non-hydrogen) atoms. The maximum Gasteiger partial charge on any atom is 0.211 e. The molecule has 0 saturated carbocycles. The van der Waals surface area contributed by atoms with Gasteiger partial charge in [-0.1, -0.05) is 6.07 Å². The number of hydrogen-bond donors (Lipinski definition) is 0. The first kappa shape index (κ1) is 17.8. The fourth-order valence-electron chi connectivity index (χ4n) is 3.53. The van der Waals surface area contributed by atoms with E-state index in [1.807, 2.05) is 12.3 Å². The zero-order valence-corrected chi connectivity index (χ0v) is 15.1. The third kappa shape index (κ3) is 4.99. The van der Waals surface area contributed by atoms with E-state index in [4.69, 9.17) is 4.74 Å². The molecule has 0 atom stereocenters. The first-order chi connectivity index (χ1) is 11.5. The van der Waals surface area contributed by atoms with Crippen molar-refractivity contribution in [3.05, 3.63) is 30.1 Å². The maximum absolute atomic E-state index is 11.5. The predicted molar refractivity (Wildman–Crippen MR) is 93.1 cm³/mol. The molecule has 0 N–H and O–H groups in total. The minimum atomic E-state index is -3.05. The van der Waals surface area contributed by atoms with Crippen molar-refractivity contribution in [2.45, 2.75) is 44.4 Å². The van der Waals surface area contributed by atoms with Gasteiger partial charge in [-0.2, -0.15) is 0 Å². The van der Waals surface area contributed by atoms with Gasteiger partial charge in [0.2, 0.25) is 10.0 Å². The number of ether oxygens (including phenoxy) is 1. The molecule has 0 unspecified atom stereocenters. The van der Waals surface area contributed by atoms with E-state index in [9.17, 15) is 8.42 Å². The average molecular weight is 353 g/mol. The fraction of sp³-hybridized carbons (Fsp3) is 0.706. The molecule has 3 rings (SSSR count). The minimum absolute atomic E-state index is 0.206. The molecule has 134 valence electrons. The van der Waals surface area contributed by atoms with Crippen LogP contribution in [0.2, 0.25) is 0 Å². The smallest absolute Gasteiger partial charge is 0.211 e. The highest BCUT2D eigenvalue weighted by atomic mass is 32.2. The average Bonchev–Trinajstić information content (AvgIpc) is 2.57. The van der Waals surface area contributed by atoms with Gasteiger partial charge in [0.05, 0.1) is 18.5 Å². The molecule has 3 heterocycles. The SMILES string of the molecule is CS(=O)(=O)N1CCC(OC2CCN(Cc3cccnc3)CC2)CC1. The second-order valence-electron chi connectivity index (χ2n) is 6.83. The van der Waals surface area contributed by atoms with Crippen LogP contribution >= 0.6 is 0 Å². The Morgan fingerprint density at radius 3 is 2.29 bits per heavy atom. The highest BCUT2D eigenvalue weighted by Gasteiger charge is 2.28. The van der Waals surface area contributed by atoms with E-state index in [1.165, 1.54) is 11.8 Å². The molecular formula is C17H27N3O3S. The molecule has 0 amide bonds. The summed E-state index contributed by atoms with van der Waals surface area (Å²) < 4.78 is 30.9. The van der Waals surface area contributed by atoms with Crippen LogP contribution in [0.1, 0.15) is 31.2 Å². The Kier molecular flexibility index (Phi) is 5.86. The van der Waals surface area contributed by atoms with E-state index in [0.717, 1.165) is 45.3 Å². The molecular weight excluding hydrogens is 326 g/mol. The highest BCUT2D eigenvalue weighted by Crippen LogP contribution is 2.22. The van der Waals surface area contributed by atoms with Crippen LogP contribution in [-0.4, -0.2) is 67.2 Å². The highest BCUT2D eigenvalue weighted by molar-refractivity contribution is 7.88. The molecule has 2 fully saturated rings. The maximum atomic E-state index is 11.5. The summed E-state index contributed by atoms with van der Waals surface area (Å²) >= 11 is 0. The number of aromatic nitrogens is 1. The van der Waals surface area contributed by atoms with E-state index in [-0.39, 0.29) is 6.10 Å². The van der Waals surface area contributed by atoms with Crippen molar-refractivity contribution in [3.63, 3.8) is 0 Å². The number of rotatable bonds is 5. The molecule has 6 nitrogen and oxygen atoms in total. The first-order valence-electron chi connectivity index (χ1n) is 8.72. The third-order valence-electron chi connectivity index (χ3n) is 4.92. The zero-order valence-electron chi connectivity index (χ0n) is 14.3. The van der Waals surface area contributed by atoms with Crippen LogP contribution < -0.4 is 0 Å². The number of hydrogen-bond acceptors (Lipinski definition) is 5. The van der Waals surface area contributed by atoms with Crippen molar-refractivity contribution in [2.75, 3.05) is 32.4 Å². The van der Waals surface area contributed by atoms with E-state index >= 15 is 0 Å². The molecule has 7 heteroatoms. The summed E-state index contributed by atoms with van der Waals surface area (Å²) in [6, 6.07) is 4.10. The van der Waals surface area contributed by atoms with Crippen molar-refractivity contribution in [1.29, 1.82) is 0 Å². The standard InChI is InChI=1S/C17H27N3O3S/c1-24(21,22)20-11-6-17(7-12-20)23-16-4-9-19(10-5-16)14-15-3-2-8-18-13-15/h2-3,8,13,16-17H,4-7,9-12,14H2,1H3. The van der Waals surface area contributed by atoms with Gasteiger partial charge < -0.3 is 4.74 Å². The Labute approximate surface area is 144 Å². The zero-order chi connectivity index (χ0) is 17.0. The Balaban J connectivity index is 1.39. The van der Waals surface area contributed by atoms with Gasteiger partial charge in [-0.15, -0.1) is 0 Å². The molecule has 0 spiro atoms. The first-order valence-corrected chi connectivity index (χ1v) is 10.6. The second kappa shape index (κ2) is 7.91. The predicted octanol–water partition coefficient (Wildman–Crippen LogP) is 1.49. The lowest BCUT2D eigenvalue weighted by molar-refractivity contribution is -0.0595. The Hall–Kier alpha value is -1.02. The van der Waals surface area contributed by atoms with Crippen LogP contribution in [0.4, 0.5) is 0 Å². The van der Waals surface area contributed by atoms with Crippen LogP contribution in [0.5, 0.6) is 0 Å². The van der Waals surface area contributed by atoms with E-state index in [0.29, 0.717) is 19.2 Å². The van der Waals surface area contributed by atoms with Gasteiger partial charge in [0.15, 0.2) is 0 Å². The second-order valence-corrected chi connectivity index (χ2v) is 8.82. The van der Waals surface area contributed by atoms with Gasteiger partial charge in [0.25, 0.3) is 0 Å². The fourth-order valence-corrected chi connectivity index (χ4v) is 4.40. The van der Waals surface area contributed by atoms with Crippen molar-refractivity contribution in [2.24, 2.45) is 0 Å². The Bertz CT molecular complexity index is 607. The van der Waals surface area contributed by atoms with Crippen LogP contribution in [0.3, 0.4) is 0 Å². The molecule has 2 saturated heterocycles. The summed E-state index contributed by atoms with van der Waals surface area (Å²) in [5.41, 5.74) is 1.25. The largest absolute Gasteiger partial charge is 0.375 e. The van der Waals surface area contributed by atoms with Crippen LogP contribution in [0.15, 0.2) is 24.5 Å². The van der Waals surface area contributed by atoms with E-state index in [2.05, 4.69) is 16.0 Å². The van der Waals surface area contributed by atoms with Gasteiger partial charge in [-0.25, -0.2) is 12.7 Å². The lowest BCUT2D eigenvalue weighted by Crippen LogP contribution is -2.43. The van der Waals surface area contributed by atoms with Gasteiger partial charge in [0.1, 0.15) is 0 Å². The molecule has 0 aromatic carbocycles. The Morgan fingerprint density at radius 2 is 1.75 bits per heavy atom. The van der Waals surface area contributed by atoms with Crippen LogP contribution in [-0.2, 0) is 21.3 Å². The summed E-state index contributed by atoms with van der Waals surface area (Å²) in [5, 5.41) is 0. The molecule has 1 aromatic heterocycles. The van der Waals surface area contributed by atoms with Crippen LogP contribution in [0, 0.1) is 0 Å². The summed E-state index contributed by atoms with van der Waals surface area (Å²) in [4.78, 5) is 6.62. The number of nitrogens with zero attached hydrogens (tertiary/aromatic N) is 3. The monoisotopic (exact) mass is 353 g/mol. The summed E-state index contributed by atoms with van der Waals surface area (Å²) in [7, 11) is -3.05. The normalized spacial score (nSPS) is 22.7. The van der Waals surface area contributed by atoms with E-state index in [1.54, 1.807) is 10.5 Å². The molecule has 0 radical (unpaired) electrons. The number of likely N-dealkylation sites (tertiary alicyclic amines) is 1. The molecule has 0 bridgehead atoms. The van der Waals surface area contributed by atoms with Gasteiger partial charge >= 0.3 is 0 Å². The molecule has 2 aliphatic heterocycles. The quantitative estimate of drug-likeness (QED) is 0.802. The number of piperidine rings is 2. The van der Waals surface area contributed by atoms with Crippen LogP contribution in [0.25, 0.3) is 0 Å².